The van der Waals surface area contributed by atoms with Crippen molar-refractivity contribution < 1.29 is 13.2 Å². The fourth-order valence-corrected chi connectivity index (χ4v) is 4.38. The Morgan fingerprint density at radius 3 is 2.47 bits per heavy atom. The molecule has 0 aliphatic rings. The normalized spacial score (nSPS) is 11.5. The third-order valence-corrected chi connectivity index (χ3v) is 6.44. The van der Waals surface area contributed by atoms with Gasteiger partial charge in [-0.3, -0.25) is 4.79 Å². The summed E-state index contributed by atoms with van der Waals surface area (Å²) in [6.45, 7) is 2.34. The van der Waals surface area contributed by atoms with Crippen LogP contribution in [0.4, 0.5) is 0 Å². The number of hydrogen-bond donors (Lipinski definition) is 2. The number of aromatic amines is 1. The van der Waals surface area contributed by atoms with E-state index in [0.717, 1.165) is 11.1 Å². The van der Waals surface area contributed by atoms with Crippen LogP contribution >= 0.6 is 0 Å². The molecular weight excluding hydrogens is 398 g/mol. The summed E-state index contributed by atoms with van der Waals surface area (Å²) in [5.74, 6) is -0.100. The highest BCUT2D eigenvalue weighted by molar-refractivity contribution is 7.90. The zero-order valence-electron chi connectivity index (χ0n) is 16.4. The van der Waals surface area contributed by atoms with Crippen LogP contribution in [0, 0.1) is 6.92 Å². The van der Waals surface area contributed by atoms with Gasteiger partial charge in [0.2, 0.25) is 0 Å². The molecule has 0 aliphatic heterocycles. The van der Waals surface area contributed by atoms with Crippen LogP contribution in [0.5, 0.6) is 0 Å². The number of aryl methyl sites for hydroxylation is 1. The first-order valence-electron chi connectivity index (χ1n) is 9.51. The number of hydrogen-bond acceptors (Lipinski definition) is 4. The molecule has 7 heteroatoms. The molecule has 0 bridgehead atoms. The molecule has 0 saturated heterocycles. The van der Waals surface area contributed by atoms with Gasteiger partial charge in [-0.05, 0) is 42.8 Å². The molecule has 4 rings (SSSR count). The maximum atomic E-state index is 12.7. The van der Waals surface area contributed by atoms with Crippen molar-refractivity contribution in [2.75, 3.05) is 0 Å². The van der Waals surface area contributed by atoms with E-state index in [4.69, 9.17) is 0 Å². The van der Waals surface area contributed by atoms with Crippen molar-refractivity contribution in [2.24, 2.45) is 0 Å². The molecule has 3 aromatic carbocycles. The van der Waals surface area contributed by atoms with E-state index in [2.05, 4.69) is 15.3 Å². The molecule has 0 aliphatic carbocycles. The molecule has 30 heavy (non-hydrogen) atoms. The van der Waals surface area contributed by atoms with Crippen molar-refractivity contribution in [3.05, 3.63) is 95.3 Å². The molecule has 0 atom stereocenters. The van der Waals surface area contributed by atoms with E-state index in [1.807, 2.05) is 37.3 Å². The van der Waals surface area contributed by atoms with Gasteiger partial charge in [0.05, 0.1) is 15.9 Å². The molecule has 1 amide bonds. The lowest BCUT2D eigenvalue weighted by molar-refractivity contribution is 0.0951. The number of nitrogens with zero attached hydrogens (tertiary/aromatic N) is 1. The number of rotatable bonds is 6. The van der Waals surface area contributed by atoms with Crippen LogP contribution in [0.2, 0.25) is 0 Å². The minimum Gasteiger partial charge on any atom is -0.348 e. The van der Waals surface area contributed by atoms with Gasteiger partial charge in [-0.1, -0.05) is 48.0 Å². The number of amides is 1. The van der Waals surface area contributed by atoms with Gasteiger partial charge in [-0.15, -0.1) is 0 Å². The Balaban J connectivity index is 1.50. The second kappa shape index (κ2) is 8.12. The van der Waals surface area contributed by atoms with Crippen LogP contribution in [0.25, 0.3) is 11.0 Å². The molecule has 1 aromatic heterocycles. The molecule has 0 radical (unpaired) electrons. The first kappa shape index (κ1) is 19.8. The Labute approximate surface area is 174 Å². The zero-order chi connectivity index (χ0) is 21.1. The molecule has 1 heterocycles. The third kappa shape index (κ3) is 4.41. The summed E-state index contributed by atoms with van der Waals surface area (Å²) in [4.78, 5) is 20.1. The van der Waals surface area contributed by atoms with E-state index in [-0.39, 0.29) is 16.6 Å². The summed E-state index contributed by atoms with van der Waals surface area (Å²) in [6, 6.07) is 21.5. The van der Waals surface area contributed by atoms with Gasteiger partial charge in [-0.2, -0.15) is 0 Å². The van der Waals surface area contributed by atoms with Gasteiger partial charge in [0.1, 0.15) is 11.6 Å². The molecule has 2 N–H and O–H groups in total. The standard InChI is InChI=1S/C23H21N3O3S/c1-16-7-10-19(11-8-16)30(28,29)15-22-25-20-12-9-18(13-21(20)26-22)23(27)24-14-17-5-3-2-4-6-17/h2-13H,14-15H2,1H3,(H,24,27)(H,25,26). The summed E-state index contributed by atoms with van der Waals surface area (Å²) < 4.78 is 25.3. The van der Waals surface area contributed by atoms with Gasteiger partial charge in [0, 0.05) is 12.1 Å². The SMILES string of the molecule is Cc1ccc(S(=O)(=O)Cc2nc3ccc(C(=O)NCc4ccccc4)cc3[nH]2)cc1. The Kier molecular flexibility index (Phi) is 5.37. The number of fused-ring (bicyclic) bond motifs is 1. The highest BCUT2D eigenvalue weighted by atomic mass is 32.2. The van der Waals surface area contributed by atoms with E-state index in [0.29, 0.717) is 29.0 Å². The Hall–Kier alpha value is -3.45. The smallest absolute Gasteiger partial charge is 0.251 e. The summed E-state index contributed by atoms with van der Waals surface area (Å²) in [7, 11) is -3.52. The van der Waals surface area contributed by atoms with E-state index in [1.165, 1.54) is 0 Å². The molecule has 4 aromatic rings. The maximum absolute atomic E-state index is 12.7. The first-order valence-corrected chi connectivity index (χ1v) is 11.2. The van der Waals surface area contributed by atoms with Crippen molar-refractivity contribution >= 4 is 26.8 Å². The Bertz CT molecular complexity index is 1290. The van der Waals surface area contributed by atoms with E-state index in [1.54, 1.807) is 42.5 Å². The quantitative estimate of drug-likeness (QED) is 0.498. The van der Waals surface area contributed by atoms with Crippen LogP contribution in [-0.4, -0.2) is 24.3 Å². The lowest BCUT2D eigenvalue weighted by atomic mass is 10.1. The lowest BCUT2D eigenvalue weighted by Crippen LogP contribution is -2.22. The van der Waals surface area contributed by atoms with E-state index < -0.39 is 9.84 Å². The molecule has 0 spiro atoms. The molecular formula is C23H21N3O3S. The van der Waals surface area contributed by atoms with E-state index in [9.17, 15) is 13.2 Å². The first-order chi connectivity index (χ1) is 14.4. The molecule has 0 unspecified atom stereocenters. The summed E-state index contributed by atoms with van der Waals surface area (Å²) in [5.41, 5.74) is 3.73. The summed E-state index contributed by atoms with van der Waals surface area (Å²) >= 11 is 0. The fraction of sp³-hybridized carbons (Fsp3) is 0.130. The second-order valence-electron chi connectivity index (χ2n) is 7.16. The zero-order valence-corrected chi connectivity index (χ0v) is 17.2. The number of benzene rings is 3. The Morgan fingerprint density at radius 2 is 1.73 bits per heavy atom. The summed E-state index contributed by atoms with van der Waals surface area (Å²) in [5, 5.41) is 2.88. The average molecular weight is 420 g/mol. The number of carbonyl (C=O) groups excluding carboxylic acids is 1. The molecule has 152 valence electrons. The van der Waals surface area contributed by atoms with Crippen LogP contribution in [0.15, 0.2) is 77.7 Å². The highest BCUT2D eigenvalue weighted by Crippen LogP contribution is 2.19. The molecule has 0 fully saturated rings. The van der Waals surface area contributed by atoms with Crippen LogP contribution < -0.4 is 5.32 Å². The van der Waals surface area contributed by atoms with E-state index >= 15 is 0 Å². The largest absolute Gasteiger partial charge is 0.348 e. The predicted molar refractivity (Wildman–Crippen MR) is 116 cm³/mol. The van der Waals surface area contributed by atoms with Crippen LogP contribution in [0.1, 0.15) is 27.3 Å². The number of aromatic nitrogens is 2. The van der Waals surface area contributed by atoms with Gasteiger partial charge in [-0.25, -0.2) is 13.4 Å². The fourth-order valence-electron chi connectivity index (χ4n) is 3.16. The topological polar surface area (TPSA) is 91.9 Å². The Morgan fingerprint density at radius 1 is 1.00 bits per heavy atom. The van der Waals surface area contributed by atoms with Crippen molar-refractivity contribution in [1.29, 1.82) is 0 Å². The van der Waals surface area contributed by atoms with Crippen molar-refractivity contribution in [2.45, 2.75) is 24.1 Å². The van der Waals surface area contributed by atoms with Crippen molar-refractivity contribution in [3.63, 3.8) is 0 Å². The van der Waals surface area contributed by atoms with Gasteiger partial charge < -0.3 is 10.3 Å². The number of carbonyl (C=O) groups is 1. The van der Waals surface area contributed by atoms with Gasteiger partial charge in [0.25, 0.3) is 5.91 Å². The third-order valence-electron chi connectivity index (χ3n) is 4.80. The monoisotopic (exact) mass is 419 g/mol. The average Bonchev–Trinajstić information content (AvgIpc) is 3.13. The number of imidazole rings is 1. The number of sulfone groups is 1. The van der Waals surface area contributed by atoms with Crippen LogP contribution in [-0.2, 0) is 22.1 Å². The maximum Gasteiger partial charge on any atom is 0.251 e. The molecule has 6 nitrogen and oxygen atoms in total. The minimum atomic E-state index is -3.52. The number of H-pyrrole nitrogens is 1. The van der Waals surface area contributed by atoms with Gasteiger partial charge in [0.15, 0.2) is 9.84 Å². The van der Waals surface area contributed by atoms with Crippen molar-refractivity contribution in [1.82, 2.24) is 15.3 Å². The van der Waals surface area contributed by atoms with Crippen LogP contribution in [0.3, 0.4) is 0 Å². The molecule has 0 saturated carbocycles. The number of nitrogens with one attached hydrogen (secondary N) is 2. The second-order valence-corrected chi connectivity index (χ2v) is 9.15. The van der Waals surface area contributed by atoms with Crippen molar-refractivity contribution in [3.8, 4) is 0 Å². The predicted octanol–water partition coefficient (Wildman–Crippen LogP) is 3.78. The lowest BCUT2D eigenvalue weighted by Gasteiger charge is -2.05. The minimum absolute atomic E-state index is 0.204. The highest BCUT2D eigenvalue weighted by Gasteiger charge is 2.18. The summed E-state index contributed by atoms with van der Waals surface area (Å²) in [6.07, 6.45) is 0. The van der Waals surface area contributed by atoms with Gasteiger partial charge >= 0.3 is 0 Å².